The molecule has 1 N–H and O–H groups in total. The Morgan fingerprint density at radius 1 is 0.880 bits per heavy atom. The maximum absolute atomic E-state index is 12.0. The Morgan fingerprint density at radius 2 is 1.56 bits per heavy atom. The van der Waals surface area contributed by atoms with E-state index in [0.29, 0.717) is 22.9 Å². The van der Waals surface area contributed by atoms with Crippen LogP contribution in [-0.2, 0) is 9.53 Å². The van der Waals surface area contributed by atoms with Gasteiger partial charge in [-0.1, -0.05) is 12.1 Å². The molecule has 0 aliphatic heterocycles. The summed E-state index contributed by atoms with van der Waals surface area (Å²) in [6.45, 7) is -0.425. The highest BCUT2D eigenvalue weighted by Gasteiger charge is 2.15. The quantitative estimate of drug-likeness (QED) is 0.777. The van der Waals surface area contributed by atoms with Crippen LogP contribution in [0.3, 0.4) is 0 Å². The monoisotopic (exact) mass is 345 g/mol. The zero-order valence-electron chi connectivity index (χ0n) is 14.2. The van der Waals surface area contributed by atoms with Crippen molar-refractivity contribution in [2.75, 3.05) is 33.3 Å². The highest BCUT2D eigenvalue weighted by Crippen LogP contribution is 2.29. The number of hydrogen-bond acceptors (Lipinski definition) is 6. The van der Waals surface area contributed by atoms with Gasteiger partial charge in [0.15, 0.2) is 18.1 Å². The second-order valence-corrected chi connectivity index (χ2v) is 4.89. The van der Waals surface area contributed by atoms with Gasteiger partial charge >= 0.3 is 5.97 Å². The molecule has 0 aliphatic rings. The first-order valence-electron chi connectivity index (χ1n) is 7.41. The van der Waals surface area contributed by atoms with E-state index in [1.165, 1.54) is 21.3 Å². The van der Waals surface area contributed by atoms with Crippen molar-refractivity contribution in [3.8, 4) is 17.2 Å². The number of para-hydroxylation sites is 1. The highest BCUT2D eigenvalue weighted by molar-refractivity contribution is 5.96. The van der Waals surface area contributed by atoms with Gasteiger partial charge in [0.2, 0.25) is 0 Å². The van der Waals surface area contributed by atoms with Crippen molar-refractivity contribution < 1.29 is 28.5 Å². The van der Waals surface area contributed by atoms with E-state index in [2.05, 4.69) is 5.32 Å². The largest absolute Gasteiger partial charge is 0.496 e. The number of benzene rings is 2. The molecule has 0 saturated carbocycles. The Hall–Kier alpha value is -3.22. The summed E-state index contributed by atoms with van der Waals surface area (Å²) in [5.74, 6) is 0.289. The van der Waals surface area contributed by atoms with Crippen LogP contribution in [0.25, 0.3) is 0 Å². The molecule has 2 aromatic rings. The van der Waals surface area contributed by atoms with Crippen LogP contribution < -0.4 is 19.5 Å². The fourth-order valence-corrected chi connectivity index (χ4v) is 2.13. The van der Waals surface area contributed by atoms with Crippen LogP contribution in [0.4, 0.5) is 5.69 Å². The molecule has 132 valence electrons. The number of ether oxygens (including phenoxy) is 4. The van der Waals surface area contributed by atoms with Crippen LogP contribution in [0.1, 0.15) is 10.4 Å². The third-order valence-electron chi connectivity index (χ3n) is 3.33. The van der Waals surface area contributed by atoms with E-state index in [1.54, 1.807) is 42.5 Å². The molecule has 25 heavy (non-hydrogen) atoms. The minimum atomic E-state index is -0.639. The average Bonchev–Trinajstić information content (AvgIpc) is 2.65. The first-order valence-corrected chi connectivity index (χ1v) is 7.41. The molecule has 0 fully saturated rings. The fraction of sp³-hybridized carbons (Fsp3) is 0.222. The number of methoxy groups -OCH3 is 3. The number of amides is 1. The van der Waals surface area contributed by atoms with Crippen LogP contribution in [0, 0.1) is 0 Å². The zero-order valence-corrected chi connectivity index (χ0v) is 14.2. The third kappa shape index (κ3) is 4.63. The van der Waals surface area contributed by atoms with Crippen LogP contribution in [0.2, 0.25) is 0 Å². The van der Waals surface area contributed by atoms with Crippen LogP contribution >= 0.6 is 0 Å². The normalized spacial score (nSPS) is 9.88. The Bertz CT molecular complexity index is 759. The van der Waals surface area contributed by atoms with Crippen molar-refractivity contribution in [3.63, 3.8) is 0 Å². The minimum Gasteiger partial charge on any atom is -0.496 e. The second kappa shape index (κ2) is 8.58. The number of anilines is 1. The molecule has 0 bridgehead atoms. The van der Waals surface area contributed by atoms with Gasteiger partial charge in [-0.3, -0.25) is 4.79 Å². The summed E-state index contributed by atoms with van der Waals surface area (Å²) in [5, 5.41) is 2.62. The molecule has 0 saturated heterocycles. The Balaban J connectivity index is 1.95. The summed E-state index contributed by atoms with van der Waals surface area (Å²) in [5.41, 5.74) is 0.750. The summed E-state index contributed by atoms with van der Waals surface area (Å²) < 4.78 is 20.4. The summed E-state index contributed by atoms with van der Waals surface area (Å²) in [7, 11) is 4.47. The van der Waals surface area contributed by atoms with Gasteiger partial charge in [-0.25, -0.2) is 4.79 Å². The van der Waals surface area contributed by atoms with Crippen molar-refractivity contribution in [1.29, 1.82) is 0 Å². The lowest BCUT2D eigenvalue weighted by Crippen LogP contribution is -2.21. The van der Waals surface area contributed by atoms with Gasteiger partial charge in [-0.2, -0.15) is 0 Å². The molecule has 7 nitrogen and oxygen atoms in total. The smallest absolute Gasteiger partial charge is 0.342 e. The number of rotatable bonds is 7. The van der Waals surface area contributed by atoms with Gasteiger partial charge in [0.05, 0.1) is 21.3 Å². The second-order valence-electron chi connectivity index (χ2n) is 4.89. The van der Waals surface area contributed by atoms with Crippen LogP contribution in [-0.4, -0.2) is 39.8 Å². The highest BCUT2D eigenvalue weighted by atomic mass is 16.5. The lowest BCUT2D eigenvalue weighted by Gasteiger charge is -2.11. The van der Waals surface area contributed by atoms with E-state index in [4.69, 9.17) is 18.9 Å². The molecule has 0 atom stereocenters. The number of carbonyl (C=O) groups is 2. The number of carbonyl (C=O) groups excluding carboxylic acids is 2. The van der Waals surface area contributed by atoms with E-state index in [-0.39, 0.29) is 5.56 Å². The van der Waals surface area contributed by atoms with Gasteiger partial charge in [0.25, 0.3) is 5.91 Å². The molecule has 0 heterocycles. The Morgan fingerprint density at radius 3 is 2.24 bits per heavy atom. The zero-order chi connectivity index (χ0) is 18.2. The Kier molecular flexibility index (Phi) is 6.22. The van der Waals surface area contributed by atoms with Crippen molar-refractivity contribution in [1.82, 2.24) is 0 Å². The lowest BCUT2D eigenvalue weighted by molar-refractivity contribution is -0.119. The van der Waals surface area contributed by atoms with Crippen LogP contribution in [0.15, 0.2) is 42.5 Å². The fourth-order valence-electron chi connectivity index (χ4n) is 2.13. The first-order chi connectivity index (χ1) is 12.1. The van der Waals surface area contributed by atoms with E-state index in [9.17, 15) is 9.59 Å². The van der Waals surface area contributed by atoms with E-state index in [0.717, 1.165) is 0 Å². The number of nitrogens with one attached hydrogen (secondary N) is 1. The van der Waals surface area contributed by atoms with Crippen LogP contribution in [0.5, 0.6) is 17.2 Å². The molecule has 0 spiro atoms. The summed E-state index contributed by atoms with van der Waals surface area (Å²) >= 11 is 0. The van der Waals surface area contributed by atoms with Crippen molar-refractivity contribution in [2.24, 2.45) is 0 Å². The van der Waals surface area contributed by atoms with Gasteiger partial charge < -0.3 is 24.3 Å². The third-order valence-corrected chi connectivity index (χ3v) is 3.33. The maximum Gasteiger partial charge on any atom is 0.342 e. The molecule has 7 heteroatoms. The number of hydrogen-bond donors (Lipinski definition) is 1. The average molecular weight is 345 g/mol. The SMILES string of the molecule is COc1ccc(NC(=O)COC(=O)c2ccccc2OC)cc1OC. The van der Waals surface area contributed by atoms with Gasteiger partial charge in [-0.15, -0.1) is 0 Å². The molecular weight excluding hydrogens is 326 g/mol. The molecule has 0 radical (unpaired) electrons. The van der Waals surface area contributed by atoms with Gasteiger partial charge in [0.1, 0.15) is 11.3 Å². The molecule has 0 aliphatic carbocycles. The van der Waals surface area contributed by atoms with Gasteiger partial charge in [0, 0.05) is 11.8 Å². The molecule has 2 aromatic carbocycles. The summed E-state index contributed by atoms with van der Waals surface area (Å²) in [6, 6.07) is 11.5. The minimum absolute atomic E-state index is 0.254. The summed E-state index contributed by atoms with van der Waals surface area (Å²) in [6.07, 6.45) is 0. The lowest BCUT2D eigenvalue weighted by atomic mass is 10.2. The van der Waals surface area contributed by atoms with Crippen molar-refractivity contribution in [2.45, 2.75) is 0 Å². The molecule has 2 rings (SSSR count). The molecular formula is C18H19NO6. The van der Waals surface area contributed by atoms with E-state index < -0.39 is 18.5 Å². The molecule has 0 aromatic heterocycles. The topological polar surface area (TPSA) is 83.1 Å². The predicted molar refractivity (Wildman–Crippen MR) is 91.5 cm³/mol. The summed E-state index contributed by atoms with van der Waals surface area (Å²) in [4.78, 5) is 24.0. The first kappa shape index (κ1) is 18.1. The van der Waals surface area contributed by atoms with Crippen molar-refractivity contribution in [3.05, 3.63) is 48.0 Å². The molecule has 1 amide bonds. The predicted octanol–water partition coefficient (Wildman–Crippen LogP) is 2.51. The number of esters is 1. The molecule has 0 unspecified atom stereocenters. The van der Waals surface area contributed by atoms with E-state index in [1.807, 2.05) is 0 Å². The van der Waals surface area contributed by atoms with Crippen molar-refractivity contribution >= 4 is 17.6 Å². The Labute approximate surface area is 145 Å². The standard InChI is InChI=1S/C18H19NO6/c1-22-14-7-5-4-6-13(14)18(21)25-11-17(20)19-12-8-9-15(23-2)16(10-12)24-3/h4-10H,11H2,1-3H3,(H,19,20). The van der Waals surface area contributed by atoms with Gasteiger partial charge in [-0.05, 0) is 24.3 Å². The maximum atomic E-state index is 12.0. The van der Waals surface area contributed by atoms with E-state index >= 15 is 0 Å².